The van der Waals surface area contributed by atoms with E-state index in [4.69, 9.17) is 11.6 Å². The molecule has 2 N–H and O–H groups in total. The Bertz CT molecular complexity index is 346. The van der Waals surface area contributed by atoms with Gasteiger partial charge in [0.2, 0.25) is 0 Å². The smallest absolute Gasteiger partial charge is 0.0512 e. The van der Waals surface area contributed by atoms with Crippen LogP contribution in [0, 0.1) is 11.3 Å². The molecular formula is C14H21ClO2. The SMILES string of the molecule is CC(C)CC(CO)(CO)Cc1ccccc1Cl. The molecule has 0 atom stereocenters. The number of benzene rings is 1. The van der Waals surface area contributed by atoms with Crippen molar-refractivity contribution in [2.75, 3.05) is 13.2 Å². The van der Waals surface area contributed by atoms with Gasteiger partial charge >= 0.3 is 0 Å². The van der Waals surface area contributed by atoms with Crippen molar-refractivity contribution in [1.29, 1.82) is 0 Å². The summed E-state index contributed by atoms with van der Waals surface area (Å²) in [4.78, 5) is 0. The highest BCUT2D eigenvalue weighted by Crippen LogP contribution is 2.32. The number of halogens is 1. The average Bonchev–Trinajstić information content (AvgIpc) is 2.30. The monoisotopic (exact) mass is 256 g/mol. The fraction of sp³-hybridized carbons (Fsp3) is 0.571. The van der Waals surface area contributed by atoms with E-state index in [0.717, 1.165) is 12.0 Å². The largest absolute Gasteiger partial charge is 0.396 e. The Labute approximate surface area is 108 Å². The third kappa shape index (κ3) is 3.98. The fourth-order valence-corrected chi connectivity index (χ4v) is 2.48. The van der Waals surface area contributed by atoms with Crippen LogP contribution in [0.25, 0.3) is 0 Å². The molecule has 1 rings (SSSR count). The van der Waals surface area contributed by atoms with Crippen LogP contribution in [0.3, 0.4) is 0 Å². The molecule has 3 heteroatoms. The Hall–Kier alpha value is -0.570. The normalized spacial score (nSPS) is 12.1. The number of aliphatic hydroxyl groups is 2. The van der Waals surface area contributed by atoms with Gasteiger partial charge in [-0.2, -0.15) is 0 Å². The minimum Gasteiger partial charge on any atom is -0.396 e. The van der Waals surface area contributed by atoms with Gasteiger partial charge in [0.15, 0.2) is 0 Å². The third-order valence-corrected chi connectivity index (χ3v) is 3.40. The lowest BCUT2D eigenvalue weighted by Gasteiger charge is -2.32. The molecule has 96 valence electrons. The maximum atomic E-state index is 9.57. The molecule has 0 aromatic heterocycles. The molecule has 0 radical (unpaired) electrons. The molecule has 0 heterocycles. The Morgan fingerprint density at radius 3 is 2.24 bits per heavy atom. The molecule has 1 aromatic rings. The van der Waals surface area contributed by atoms with Gasteiger partial charge in [0.05, 0.1) is 13.2 Å². The summed E-state index contributed by atoms with van der Waals surface area (Å²) in [6.45, 7) is 4.14. The van der Waals surface area contributed by atoms with Crippen molar-refractivity contribution >= 4 is 11.6 Å². The van der Waals surface area contributed by atoms with Crippen molar-refractivity contribution in [2.45, 2.75) is 26.7 Å². The highest BCUT2D eigenvalue weighted by Gasteiger charge is 2.30. The zero-order chi connectivity index (χ0) is 12.9. The molecule has 0 saturated heterocycles. The van der Waals surface area contributed by atoms with Gasteiger partial charge < -0.3 is 10.2 Å². The van der Waals surface area contributed by atoms with Gasteiger partial charge in [-0.15, -0.1) is 0 Å². The van der Waals surface area contributed by atoms with E-state index in [1.807, 2.05) is 24.3 Å². The van der Waals surface area contributed by atoms with Crippen LogP contribution in [0.2, 0.25) is 5.02 Å². The van der Waals surface area contributed by atoms with E-state index < -0.39 is 5.41 Å². The van der Waals surface area contributed by atoms with Crippen molar-refractivity contribution in [1.82, 2.24) is 0 Å². The van der Waals surface area contributed by atoms with Crippen molar-refractivity contribution in [3.63, 3.8) is 0 Å². The Morgan fingerprint density at radius 1 is 1.18 bits per heavy atom. The standard InChI is InChI=1S/C14H21ClO2/c1-11(2)7-14(9-16,10-17)8-12-5-3-4-6-13(12)15/h3-6,11,16-17H,7-10H2,1-2H3. The van der Waals surface area contributed by atoms with Gasteiger partial charge in [-0.25, -0.2) is 0 Å². The first kappa shape index (κ1) is 14.5. The van der Waals surface area contributed by atoms with Crippen LogP contribution in [0.4, 0.5) is 0 Å². The molecule has 2 nitrogen and oxygen atoms in total. The van der Waals surface area contributed by atoms with E-state index in [9.17, 15) is 10.2 Å². The number of rotatable bonds is 6. The molecule has 0 fully saturated rings. The zero-order valence-electron chi connectivity index (χ0n) is 10.5. The second kappa shape index (κ2) is 6.39. The molecule has 1 aromatic carbocycles. The van der Waals surface area contributed by atoms with Crippen molar-refractivity contribution in [3.05, 3.63) is 34.9 Å². The molecule has 0 aliphatic rings. The summed E-state index contributed by atoms with van der Waals surface area (Å²) in [5.41, 5.74) is 0.511. The summed E-state index contributed by atoms with van der Waals surface area (Å²) in [6, 6.07) is 7.60. The Morgan fingerprint density at radius 2 is 1.76 bits per heavy atom. The Kier molecular flexibility index (Phi) is 5.44. The molecule has 0 aliphatic heterocycles. The predicted molar refractivity (Wildman–Crippen MR) is 71.2 cm³/mol. The first-order valence-electron chi connectivity index (χ1n) is 5.98. The van der Waals surface area contributed by atoms with E-state index in [1.54, 1.807) is 0 Å². The summed E-state index contributed by atoms with van der Waals surface area (Å²) >= 11 is 6.12. The van der Waals surface area contributed by atoms with Crippen LogP contribution >= 0.6 is 11.6 Å². The zero-order valence-corrected chi connectivity index (χ0v) is 11.2. The van der Waals surface area contributed by atoms with Gasteiger partial charge in [-0.1, -0.05) is 43.6 Å². The third-order valence-electron chi connectivity index (χ3n) is 3.04. The van der Waals surface area contributed by atoms with E-state index in [-0.39, 0.29) is 13.2 Å². The molecule has 17 heavy (non-hydrogen) atoms. The topological polar surface area (TPSA) is 40.5 Å². The molecule has 0 spiro atoms. The van der Waals surface area contributed by atoms with Gasteiger partial charge in [-0.05, 0) is 30.4 Å². The van der Waals surface area contributed by atoms with Crippen LogP contribution in [0.1, 0.15) is 25.8 Å². The quantitative estimate of drug-likeness (QED) is 0.822. The first-order chi connectivity index (χ1) is 8.03. The van der Waals surface area contributed by atoms with Crippen molar-refractivity contribution in [3.8, 4) is 0 Å². The second-order valence-corrected chi connectivity index (χ2v) is 5.59. The van der Waals surface area contributed by atoms with E-state index >= 15 is 0 Å². The van der Waals surface area contributed by atoms with Crippen LogP contribution in [-0.4, -0.2) is 23.4 Å². The summed E-state index contributed by atoms with van der Waals surface area (Å²) in [7, 11) is 0. The summed E-state index contributed by atoms with van der Waals surface area (Å²) < 4.78 is 0. The highest BCUT2D eigenvalue weighted by atomic mass is 35.5. The van der Waals surface area contributed by atoms with Crippen LogP contribution in [0.5, 0.6) is 0 Å². The second-order valence-electron chi connectivity index (χ2n) is 5.18. The molecule has 0 bridgehead atoms. The lowest BCUT2D eigenvalue weighted by Crippen LogP contribution is -2.34. The fourth-order valence-electron chi connectivity index (χ4n) is 2.27. The molecule has 0 aliphatic carbocycles. The van der Waals surface area contributed by atoms with Gasteiger partial charge in [0.25, 0.3) is 0 Å². The van der Waals surface area contributed by atoms with E-state index in [2.05, 4.69) is 13.8 Å². The maximum Gasteiger partial charge on any atom is 0.0512 e. The maximum absolute atomic E-state index is 9.57. The van der Waals surface area contributed by atoms with Gasteiger partial charge in [-0.3, -0.25) is 0 Å². The van der Waals surface area contributed by atoms with Crippen molar-refractivity contribution in [2.24, 2.45) is 11.3 Å². The summed E-state index contributed by atoms with van der Waals surface area (Å²) in [5.74, 6) is 0.428. The minimum atomic E-state index is -0.473. The van der Waals surface area contributed by atoms with E-state index in [1.165, 1.54) is 0 Å². The minimum absolute atomic E-state index is 0.0209. The predicted octanol–water partition coefficient (Wildman–Crippen LogP) is 2.90. The van der Waals surface area contributed by atoms with Crippen LogP contribution < -0.4 is 0 Å². The summed E-state index contributed by atoms with van der Waals surface area (Å²) in [5, 5.41) is 19.8. The molecule has 0 amide bonds. The molecule has 0 saturated carbocycles. The van der Waals surface area contributed by atoms with Gasteiger partial charge in [0.1, 0.15) is 0 Å². The van der Waals surface area contributed by atoms with Crippen LogP contribution in [0.15, 0.2) is 24.3 Å². The lowest BCUT2D eigenvalue weighted by molar-refractivity contribution is 0.0370. The summed E-state index contributed by atoms with van der Waals surface area (Å²) in [6.07, 6.45) is 1.39. The van der Waals surface area contributed by atoms with E-state index in [0.29, 0.717) is 17.4 Å². The first-order valence-corrected chi connectivity index (χ1v) is 6.36. The Balaban J connectivity index is 2.90. The molecular weight excluding hydrogens is 236 g/mol. The van der Waals surface area contributed by atoms with Crippen LogP contribution in [-0.2, 0) is 6.42 Å². The van der Waals surface area contributed by atoms with Gasteiger partial charge in [0, 0.05) is 10.4 Å². The van der Waals surface area contributed by atoms with Crippen molar-refractivity contribution < 1.29 is 10.2 Å². The average molecular weight is 257 g/mol. The molecule has 0 unspecified atom stereocenters. The highest BCUT2D eigenvalue weighted by molar-refractivity contribution is 6.31. The number of aliphatic hydroxyl groups excluding tert-OH is 2. The number of hydrogen-bond acceptors (Lipinski definition) is 2. The lowest BCUT2D eigenvalue weighted by atomic mass is 9.76. The number of hydrogen-bond donors (Lipinski definition) is 2.